The molecular weight excluding hydrogens is 620 g/mol. The molecule has 1 N–H and O–H groups in total. The molecule has 3 rings (SSSR count). The highest BCUT2D eigenvalue weighted by molar-refractivity contribution is 9.10. The first-order valence-corrected chi connectivity index (χ1v) is 14.6. The minimum absolute atomic E-state index is 0.0105. The molecule has 0 unspecified atom stereocenters. The molecule has 208 valence electrons. The Labute approximate surface area is 249 Å². The molecule has 5 nitrogen and oxygen atoms in total. The number of nitrogens with one attached hydrogen (secondary N) is 1. The van der Waals surface area contributed by atoms with Gasteiger partial charge < -0.3 is 15.0 Å². The SMILES string of the molecule is CC(C)(C)NC(=O)[C@H](Cc1ccccc1)N(Cc1ccc(Br)cc1)C(=O)COc1ccc(C(C)(C)C)cc1Br. The molecule has 1 atom stereocenters. The summed E-state index contributed by atoms with van der Waals surface area (Å²) < 4.78 is 7.74. The summed E-state index contributed by atoms with van der Waals surface area (Å²) in [6.07, 6.45) is 0.384. The van der Waals surface area contributed by atoms with Gasteiger partial charge in [-0.05, 0) is 83.1 Å². The van der Waals surface area contributed by atoms with Crippen molar-refractivity contribution in [1.29, 1.82) is 0 Å². The molecule has 0 fully saturated rings. The second kappa shape index (κ2) is 13.1. The topological polar surface area (TPSA) is 58.6 Å². The van der Waals surface area contributed by atoms with Crippen molar-refractivity contribution < 1.29 is 14.3 Å². The molecule has 0 bridgehead atoms. The van der Waals surface area contributed by atoms with Gasteiger partial charge in [0.05, 0.1) is 4.47 Å². The standard InChI is InChI=1S/C32H38Br2N2O3/c1-31(2,3)24-14-17-28(26(34)19-24)39-21-29(37)36(20-23-12-15-25(33)16-13-23)27(30(38)35-32(4,5)6)18-22-10-8-7-9-11-22/h7-17,19,27H,18,20-21H2,1-6H3,(H,35,38)/t27-/m0/s1. The minimum Gasteiger partial charge on any atom is -0.483 e. The van der Waals surface area contributed by atoms with E-state index in [9.17, 15) is 9.59 Å². The molecule has 39 heavy (non-hydrogen) atoms. The molecule has 0 aliphatic rings. The van der Waals surface area contributed by atoms with Crippen LogP contribution in [0.1, 0.15) is 58.2 Å². The van der Waals surface area contributed by atoms with Crippen LogP contribution in [0.15, 0.2) is 81.7 Å². The first-order valence-electron chi connectivity index (χ1n) is 13.1. The van der Waals surface area contributed by atoms with Crippen LogP contribution < -0.4 is 10.1 Å². The van der Waals surface area contributed by atoms with E-state index in [1.807, 2.05) is 93.6 Å². The maximum absolute atomic E-state index is 13.8. The van der Waals surface area contributed by atoms with E-state index >= 15 is 0 Å². The normalized spacial score (nSPS) is 12.5. The fourth-order valence-electron chi connectivity index (χ4n) is 4.10. The van der Waals surface area contributed by atoms with Gasteiger partial charge in [0, 0.05) is 23.0 Å². The van der Waals surface area contributed by atoms with Gasteiger partial charge >= 0.3 is 0 Å². The van der Waals surface area contributed by atoms with Crippen molar-refractivity contribution in [3.05, 3.63) is 98.4 Å². The Hall–Kier alpha value is -2.64. The van der Waals surface area contributed by atoms with Crippen LogP contribution in [-0.4, -0.2) is 34.9 Å². The Morgan fingerprint density at radius 1 is 0.872 bits per heavy atom. The highest BCUT2D eigenvalue weighted by atomic mass is 79.9. The second-order valence-electron chi connectivity index (χ2n) is 11.8. The predicted octanol–water partition coefficient (Wildman–Crippen LogP) is 7.44. The van der Waals surface area contributed by atoms with Crippen LogP contribution in [0.2, 0.25) is 0 Å². The smallest absolute Gasteiger partial charge is 0.261 e. The van der Waals surface area contributed by atoms with Gasteiger partial charge in [0.2, 0.25) is 5.91 Å². The quantitative estimate of drug-likeness (QED) is 0.260. The molecule has 0 saturated heterocycles. The third-order valence-corrected chi connectivity index (χ3v) is 7.33. The molecular formula is C32H38Br2N2O3. The molecule has 0 aliphatic heterocycles. The van der Waals surface area contributed by atoms with Gasteiger partial charge in [0.25, 0.3) is 5.91 Å². The number of amides is 2. The Bertz CT molecular complexity index is 1260. The molecule has 7 heteroatoms. The largest absolute Gasteiger partial charge is 0.483 e. The Morgan fingerprint density at radius 3 is 2.08 bits per heavy atom. The van der Waals surface area contributed by atoms with Crippen LogP contribution in [0, 0.1) is 0 Å². The number of nitrogens with zero attached hydrogens (tertiary/aromatic N) is 1. The van der Waals surface area contributed by atoms with Gasteiger partial charge in [-0.3, -0.25) is 9.59 Å². The average Bonchev–Trinajstić information content (AvgIpc) is 2.85. The number of hydrogen-bond donors (Lipinski definition) is 1. The predicted molar refractivity (Wildman–Crippen MR) is 165 cm³/mol. The van der Waals surface area contributed by atoms with Crippen LogP contribution in [0.5, 0.6) is 5.75 Å². The van der Waals surface area contributed by atoms with E-state index in [4.69, 9.17) is 4.74 Å². The highest BCUT2D eigenvalue weighted by Gasteiger charge is 2.32. The summed E-state index contributed by atoms with van der Waals surface area (Å²) in [4.78, 5) is 29.1. The van der Waals surface area contributed by atoms with Crippen LogP contribution in [0.25, 0.3) is 0 Å². The summed E-state index contributed by atoms with van der Waals surface area (Å²) in [5.74, 6) is 0.112. The zero-order valence-corrected chi connectivity index (χ0v) is 26.7. The Balaban J connectivity index is 1.92. The molecule has 0 saturated carbocycles. The van der Waals surface area contributed by atoms with Crippen molar-refractivity contribution in [2.75, 3.05) is 6.61 Å². The van der Waals surface area contributed by atoms with Crippen molar-refractivity contribution in [2.45, 2.75) is 71.5 Å². The van der Waals surface area contributed by atoms with Crippen molar-refractivity contribution in [2.24, 2.45) is 0 Å². The number of halogens is 2. The maximum Gasteiger partial charge on any atom is 0.261 e. The molecule has 0 spiro atoms. The molecule has 0 aromatic heterocycles. The number of benzene rings is 3. The van der Waals surface area contributed by atoms with E-state index < -0.39 is 11.6 Å². The number of rotatable bonds is 9. The van der Waals surface area contributed by atoms with Gasteiger partial charge in [0.1, 0.15) is 11.8 Å². The summed E-state index contributed by atoms with van der Waals surface area (Å²) in [6, 6.07) is 22.7. The summed E-state index contributed by atoms with van der Waals surface area (Å²) in [7, 11) is 0. The molecule has 0 heterocycles. The van der Waals surface area contributed by atoms with E-state index in [2.05, 4.69) is 57.9 Å². The van der Waals surface area contributed by atoms with Crippen molar-refractivity contribution in [1.82, 2.24) is 10.2 Å². The van der Waals surface area contributed by atoms with Crippen molar-refractivity contribution in [3.63, 3.8) is 0 Å². The molecule has 3 aromatic carbocycles. The summed E-state index contributed by atoms with van der Waals surface area (Å²) in [6.45, 7) is 12.3. The monoisotopic (exact) mass is 656 g/mol. The van der Waals surface area contributed by atoms with Crippen LogP contribution in [0.3, 0.4) is 0 Å². The zero-order valence-electron chi connectivity index (χ0n) is 23.6. The molecule has 0 radical (unpaired) electrons. The van der Waals surface area contributed by atoms with Gasteiger partial charge in [-0.25, -0.2) is 0 Å². The molecule has 0 aliphatic carbocycles. The lowest BCUT2D eigenvalue weighted by Gasteiger charge is -2.33. The zero-order chi connectivity index (χ0) is 28.8. The van der Waals surface area contributed by atoms with E-state index in [1.165, 1.54) is 0 Å². The lowest BCUT2D eigenvalue weighted by Crippen LogP contribution is -2.55. The number of hydrogen-bond acceptors (Lipinski definition) is 3. The fraction of sp³-hybridized carbons (Fsp3) is 0.375. The second-order valence-corrected chi connectivity index (χ2v) is 13.5. The van der Waals surface area contributed by atoms with Gasteiger partial charge in [0.15, 0.2) is 6.61 Å². The number of carbonyl (C=O) groups excluding carboxylic acids is 2. The number of carbonyl (C=O) groups is 2. The van der Waals surface area contributed by atoms with Gasteiger partial charge in [-0.1, -0.05) is 85.2 Å². The van der Waals surface area contributed by atoms with Crippen LogP contribution in [-0.2, 0) is 28.0 Å². The molecule has 2 amide bonds. The van der Waals surface area contributed by atoms with Gasteiger partial charge in [-0.2, -0.15) is 0 Å². The summed E-state index contributed by atoms with van der Waals surface area (Å²) in [5.41, 5.74) is 2.59. The average molecular weight is 658 g/mol. The van der Waals surface area contributed by atoms with Gasteiger partial charge in [-0.15, -0.1) is 0 Å². The third kappa shape index (κ3) is 9.50. The summed E-state index contributed by atoms with van der Waals surface area (Å²) in [5, 5.41) is 3.08. The minimum atomic E-state index is -0.724. The Kier molecular flexibility index (Phi) is 10.4. The van der Waals surface area contributed by atoms with Crippen LogP contribution >= 0.6 is 31.9 Å². The maximum atomic E-state index is 13.8. The third-order valence-electron chi connectivity index (χ3n) is 6.18. The highest BCUT2D eigenvalue weighted by Crippen LogP contribution is 2.31. The first kappa shape index (κ1) is 30.9. The van der Waals surface area contributed by atoms with E-state index in [0.29, 0.717) is 12.2 Å². The Morgan fingerprint density at radius 2 is 1.51 bits per heavy atom. The number of ether oxygens (including phenoxy) is 1. The van der Waals surface area contributed by atoms with E-state index in [0.717, 1.165) is 25.6 Å². The lowest BCUT2D eigenvalue weighted by molar-refractivity contribution is -0.143. The molecule has 3 aromatic rings. The van der Waals surface area contributed by atoms with E-state index in [-0.39, 0.29) is 30.4 Å². The lowest BCUT2D eigenvalue weighted by atomic mass is 9.87. The summed E-state index contributed by atoms with van der Waals surface area (Å²) >= 11 is 7.07. The van der Waals surface area contributed by atoms with Crippen molar-refractivity contribution in [3.8, 4) is 5.75 Å². The van der Waals surface area contributed by atoms with Crippen LogP contribution in [0.4, 0.5) is 0 Å². The van der Waals surface area contributed by atoms with E-state index in [1.54, 1.807) is 4.90 Å². The fourth-order valence-corrected chi connectivity index (χ4v) is 4.86. The van der Waals surface area contributed by atoms with Crippen molar-refractivity contribution >= 4 is 43.7 Å². The first-order chi connectivity index (χ1) is 18.2.